The Balaban J connectivity index is 2.06. The Bertz CT molecular complexity index is 655. The molecule has 1 saturated heterocycles. The lowest BCUT2D eigenvalue weighted by Crippen LogP contribution is -2.22. The maximum absolute atomic E-state index is 6.88. The molecule has 0 bridgehead atoms. The predicted molar refractivity (Wildman–Crippen MR) is 90.2 cm³/mol. The highest BCUT2D eigenvalue weighted by atomic mass is 35.5. The largest absolute Gasteiger partial charge is 0.375 e. The molecule has 2 aromatic rings. The van der Waals surface area contributed by atoms with Gasteiger partial charge in [-0.2, -0.15) is 0 Å². The number of benzene rings is 2. The zero-order valence-corrected chi connectivity index (χ0v) is 14.0. The van der Waals surface area contributed by atoms with E-state index in [2.05, 4.69) is 32.9 Å². The van der Waals surface area contributed by atoms with Crippen LogP contribution in [0.5, 0.6) is 0 Å². The topological polar surface area (TPSA) is 9.23 Å². The van der Waals surface area contributed by atoms with Crippen molar-refractivity contribution in [1.82, 2.24) is 0 Å². The molecule has 112 valence electrons. The molecule has 0 spiro atoms. The number of hydrogen-bond acceptors (Lipinski definition) is 1. The number of rotatable bonds is 2. The summed E-state index contributed by atoms with van der Waals surface area (Å²) in [6, 6.07) is 12.2. The number of hydrogen-bond donors (Lipinski definition) is 0. The van der Waals surface area contributed by atoms with Crippen molar-refractivity contribution in [2.75, 3.05) is 0 Å². The fraction of sp³-hybridized carbons (Fsp3) is 0.444. The Morgan fingerprint density at radius 2 is 1.62 bits per heavy atom. The summed E-state index contributed by atoms with van der Waals surface area (Å²) in [5.41, 5.74) is 1.15. The summed E-state index contributed by atoms with van der Waals surface area (Å²) < 4.78 is 5.95. The number of fused-ring (bicyclic) bond motifs is 1. The van der Waals surface area contributed by atoms with Gasteiger partial charge in [-0.05, 0) is 36.8 Å². The molecule has 0 amide bonds. The van der Waals surface area contributed by atoms with Gasteiger partial charge in [0.1, 0.15) is 0 Å². The summed E-state index contributed by atoms with van der Waals surface area (Å²) in [7, 11) is 0. The van der Waals surface area contributed by atoms with E-state index in [-0.39, 0.29) is 17.6 Å². The van der Waals surface area contributed by atoms with Crippen LogP contribution < -0.4 is 0 Å². The van der Waals surface area contributed by atoms with Crippen molar-refractivity contribution >= 4 is 34.0 Å². The molecule has 0 radical (unpaired) electrons. The monoisotopic (exact) mass is 322 g/mol. The second kappa shape index (κ2) is 5.79. The first-order chi connectivity index (χ1) is 10.0. The third kappa shape index (κ3) is 2.56. The minimum atomic E-state index is -0.0675. The molecule has 1 fully saturated rings. The summed E-state index contributed by atoms with van der Waals surface area (Å²) in [6.07, 6.45) is 0.428. The molecule has 1 nitrogen and oxygen atoms in total. The highest BCUT2D eigenvalue weighted by molar-refractivity contribution is 6.35. The van der Waals surface area contributed by atoms with E-state index in [1.165, 1.54) is 0 Å². The molecule has 3 heteroatoms. The number of halogens is 2. The van der Waals surface area contributed by atoms with E-state index in [9.17, 15) is 0 Å². The van der Waals surface area contributed by atoms with Crippen molar-refractivity contribution in [2.24, 2.45) is 11.8 Å². The van der Waals surface area contributed by atoms with Gasteiger partial charge in [0, 0.05) is 16.3 Å². The van der Waals surface area contributed by atoms with Gasteiger partial charge in [-0.25, -0.2) is 0 Å². The van der Waals surface area contributed by atoms with Crippen molar-refractivity contribution in [1.29, 1.82) is 0 Å². The van der Waals surface area contributed by atoms with Gasteiger partial charge in [0.05, 0.1) is 17.6 Å². The molecule has 0 saturated carbocycles. The van der Waals surface area contributed by atoms with Gasteiger partial charge in [0.2, 0.25) is 0 Å². The maximum Gasteiger partial charge on any atom is 0.0647 e. The Kier molecular flexibility index (Phi) is 4.18. The number of ether oxygens (including phenoxy) is 1. The van der Waals surface area contributed by atoms with Gasteiger partial charge in [-0.3, -0.25) is 0 Å². The molecule has 0 aromatic heterocycles. The van der Waals surface area contributed by atoms with Crippen LogP contribution in [0.1, 0.15) is 31.7 Å². The van der Waals surface area contributed by atoms with Crippen LogP contribution in [0, 0.1) is 11.8 Å². The molecule has 1 aliphatic heterocycles. The molecule has 0 N–H and O–H groups in total. The van der Waals surface area contributed by atoms with Crippen LogP contribution in [0.4, 0.5) is 0 Å². The van der Waals surface area contributed by atoms with Crippen molar-refractivity contribution in [3.8, 4) is 0 Å². The van der Waals surface area contributed by atoms with Crippen molar-refractivity contribution < 1.29 is 4.74 Å². The lowest BCUT2D eigenvalue weighted by molar-refractivity contribution is 0.0508. The van der Waals surface area contributed by atoms with E-state index in [0.717, 1.165) is 21.4 Å². The Labute approximate surface area is 136 Å². The van der Waals surface area contributed by atoms with Crippen LogP contribution in [0.3, 0.4) is 0 Å². The standard InChI is InChI=1S/C18H20Cl2O/c1-10-11(2)21-12(3)17(10)18(20)15-8-9-16(19)14-7-5-4-6-13(14)15/h4-12,17-18H,1-3H3. The molecule has 1 aliphatic rings. The fourth-order valence-corrected chi connectivity index (χ4v) is 4.38. The summed E-state index contributed by atoms with van der Waals surface area (Å²) >= 11 is 13.2. The molecule has 0 aliphatic carbocycles. The highest BCUT2D eigenvalue weighted by Crippen LogP contribution is 2.46. The van der Waals surface area contributed by atoms with Crippen LogP contribution in [-0.4, -0.2) is 12.2 Å². The average molecular weight is 323 g/mol. The maximum atomic E-state index is 6.88. The van der Waals surface area contributed by atoms with Gasteiger partial charge in [0.25, 0.3) is 0 Å². The van der Waals surface area contributed by atoms with Crippen LogP contribution >= 0.6 is 23.2 Å². The molecule has 3 rings (SSSR count). The first kappa shape index (κ1) is 15.1. The third-order valence-corrected chi connectivity index (χ3v) is 5.71. The molecule has 1 heterocycles. The van der Waals surface area contributed by atoms with Crippen molar-refractivity contribution in [3.63, 3.8) is 0 Å². The minimum Gasteiger partial charge on any atom is -0.375 e. The van der Waals surface area contributed by atoms with Gasteiger partial charge in [0.15, 0.2) is 0 Å². The van der Waals surface area contributed by atoms with E-state index in [0.29, 0.717) is 11.8 Å². The van der Waals surface area contributed by atoms with E-state index < -0.39 is 0 Å². The fourth-order valence-electron chi connectivity index (χ4n) is 3.53. The third-order valence-electron chi connectivity index (χ3n) is 4.86. The Morgan fingerprint density at radius 3 is 2.24 bits per heavy atom. The second-order valence-electron chi connectivity index (χ2n) is 6.07. The summed E-state index contributed by atoms with van der Waals surface area (Å²) in [5, 5.41) is 2.91. The Morgan fingerprint density at radius 1 is 0.952 bits per heavy atom. The SMILES string of the molecule is CC1OC(C)C(C(Cl)c2ccc(Cl)c3ccccc23)C1C. The lowest BCUT2D eigenvalue weighted by Gasteiger charge is -2.25. The van der Waals surface area contributed by atoms with Gasteiger partial charge >= 0.3 is 0 Å². The summed E-state index contributed by atoms with van der Waals surface area (Å²) in [5.74, 6) is 0.753. The summed E-state index contributed by atoms with van der Waals surface area (Å²) in [4.78, 5) is 0. The van der Waals surface area contributed by atoms with Gasteiger partial charge in [-0.15, -0.1) is 11.6 Å². The first-order valence-corrected chi connectivity index (χ1v) is 8.29. The molecule has 21 heavy (non-hydrogen) atoms. The lowest BCUT2D eigenvalue weighted by atomic mass is 9.83. The van der Waals surface area contributed by atoms with Gasteiger partial charge < -0.3 is 4.74 Å². The predicted octanol–water partition coefficient (Wildman–Crippen LogP) is 5.83. The van der Waals surface area contributed by atoms with E-state index in [4.69, 9.17) is 27.9 Å². The summed E-state index contributed by atoms with van der Waals surface area (Å²) in [6.45, 7) is 6.48. The zero-order chi connectivity index (χ0) is 15.1. The Hall–Kier alpha value is -0.760. The first-order valence-electron chi connectivity index (χ1n) is 7.47. The van der Waals surface area contributed by atoms with Crippen molar-refractivity contribution in [2.45, 2.75) is 38.4 Å². The smallest absolute Gasteiger partial charge is 0.0647 e. The average Bonchev–Trinajstić information content (AvgIpc) is 2.72. The minimum absolute atomic E-state index is 0.0675. The van der Waals surface area contributed by atoms with Crippen LogP contribution in [-0.2, 0) is 4.74 Å². The van der Waals surface area contributed by atoms with Crippen LogP contribution in [0.15, 0.2) is 36.4 Å². The van der Waals surface area contributed by atoms with E-state index >= 15 is 0 Å². The van der Waals surface area contributed by atoms with E-state index in [1.54, 1.807) is 0 Å². The molecular weight excluding hydrogens is 303 g/mol. The second-order valence-corrected chi connectivity index (χ2v) is 6.94. The van der Waals surface area contributed by atoms with Crippen LogP contribution in [0.2, 0.25) is 5.02 Å². The normalized spacial score (nSPS) is 30.7. The quantitative estimate of drug-likeness (QED) is 0.632. The van der Waals surface area contributed by atoms with E-state index in [1.807, 2.05) is 24.3 Å². The molecular formula is C18H20Cl2O. The molecule has 2 aromatic carbocycles. The molecule has 5 unspecified atom stereocenters. The zero-order valence-electron chi connectivity index (χ0n) is 12.5. The number of alkyl halides is 1. The molecule has 5 atom stereocenters. The van der Waals surface area contributed by atoms with Gasteiger partial charge in [-0.1, -0.05) is 48.9 Å². The van der Waals surface area contributed by atoms with Crippen molar-refractivity contribution in [3.05, 3.63) is 47.0 Å². The van der Waals surface area contributed by atoms with Crippen LogP contribution in [0.25, 0.3) is 10.8 Å². The highest BCUT2D eigenvalue weighted by Gasteiger charge is 2.41.